The van der Waals surface area contributed by atoms with E-state index in [9.17, 15) is 13.2 Å². The molecule has 0 unspecified atom stereocenters. The first-order chi connectivity index (χ1) is 10.7. The van der Waals surface area contributed by atoms with Crippen molar-refractivity contribution in [2.45, 2.75) is 32.6 Å². The Hall–Kier alpha value is -1.77. The minimum atomic E-state index is -3.63. The van der Waals surface area contributed by atoms with Gasteiger partial charge in [0, 0.05) is 10.4 Å². The Morgan fingerprint density at radius 3 is 2.35 bits per heavy atom. The number of anilines is 1. The third-order valence-electron chi connectivity index (χ3n) is 3.69. The quantitative estimate of drug-likeness (QED) is 0.884. The molecular formula is C15H19N3O3S2. The lowest BCUT2D eigenvalue weighted by molar-refractivity contribution is 0.102. The van der Waals surface area contributed by atoms with Crippen molar-refractivity contribution in [3.8, 4) is 0 Å². The minimum Gasteiger partial charge on any atom is -0.298 e. The number of aryl methyl sites for hydroxylation is 3. The fraction of sp³-hybridized carbons (Fsp3) is 0.333. The van der Waals surface area contributed by atoms with E-state index in [0.717, 1.165) is 16.1 Å². The molecule has 0 bridgehead atoms. The fourth-order valence-electron chi connectivity index (χ4n) is 2.04. The molecule has 0 saturated heterocycles. The number of nitrogens with zero attached hydrogens (tertiary/aromatic N) is 1. The van der Waals surface area contributed by atoms with E-state index in [0.29, 0.717) is 10.7 Å². The second kappa shape index (κ2) is 6.38. The molecule has 0 aliphatic rings. The van der Waals surface area contributed by atoms with Gasteiger partial charge >= 0.3 is 0 Å². The van der Waals surface area contributed by atoms with Crippen LogP contribution in [0.5, 0.6) is 0 Å². The van der Waals surface area contributed by atoms with Gasteiger partial charge in [-0.3, -0.25) is 10.1 Å². The lowest BCUT2D eigenvalue weighted by atomic mass is 10.1. The van der Waals surface area contributed by atoms with Crippen LogP contribution in [0.2, 0.25) is 0 Å². The number of hydrogen-bond donors (Lipinski definition) is 2. The third kappa shape index (κ3) is 3.60. The number of hydrogen-bond acceptors (Lipinski definition) is 5. The van der Waals surface area contributed by atoms with Crippen molar-refractivity contribution in [2.24, 2.45) is 0 Å². The van der Waals surface area contributed by atoms with E-state index in [1.54, 1.807) is 19.9 Å². The van der Waals surface area contributed by atoms with E-state index in [1.807, 2.05) is 13.8 Å². The van der Waals surface area contributed by atoms with Gasteiger partial charge in [-0.1, -0.05) is 0 Å². The maximum Gasteiger partial charge on any atom is 0.257 e. The molecule has 2 rings (SSSR count). The molecule has 0 aliphatic heterocycles. The molecule has 2 aromatic rings. The molecule has 1 amide bonds. The Morgan fingerprint density at radius 2 is 1.83 bits per heavy atom. The first kappa shape index (κ1) is 17.6. The van der Waals surface area contributed by atoms with E-state index in [2.05, 4.69) is 15.0 Å². The van der Waals surface area contributed by atoms with Crippen LogP contribution in [0.1, 0.15) is 32.1 Å². The molecule has 0 aliphatic carbocycles. The lowest BCUT2D eigenvalue weighted by Crippen LogP contribution is -2.21. The zero-order chi connectivity index (χ0) is 17.4. The van der Waals surface area contributed by atoms with Crippen molar-refractivity contribution in [2.75, 3.05) is 12.4 Å². The van der Waals surface area contributed by atoms with Crippen LogP contribution in [0.15, 0.2) is 17.0 Å². The summed E-state index contributed by atoms with van der Waals surface area (Å²) >= 11 is 1.39. The Bertz CT molecular complexity index is 851. The Labute approximate surface area is 140 Å². The number of amides is 1. The maximum absolute atomic E-state index is 12.4. The highest BCUT2D eigenvalue weighted by atomic mass is 32.2. The Balaban J connectivity index is 2.41. The molecule has 0 radical (unpaired) electrons. The summed E-state index contributed by atoms with van der Waals surface area (Å²) in [6, 6.07) is 3.06. The van der Waals surface area contributed by atoms with Gasteiger partial charge in [-0.25, -0.2) is 18.1 Å². The van der Waals surface area contributed by atoms with Gasteiger partial charge in [-0.05, 0) is 58.0 Å². The van der Waals surface area contributed by atoms with Crippen molar-refractivity contribution in [1.29, 1.82) is 0 Å². The summed E-state index contributed by atoms with van der Waals surface area (Å²) in [5.41, 5.74) is 2.51. The van der Waals surface area contributed by atoms with Gasteiger partial charge in [0.15, 0.2) is 5.13 Å². The Kier molecular flexibility index (Phi) is 4.88. The lowest BCUT2D eigenvalue weighted by Gasteiger charge is -2.12. The fourth-order valence-corrected chi connectivity index (χ4v) is 3.92. The summed E-state index contributed by atoms with van der Waals surface area (Å²) in [4.78, 5) is 17.8. The number of carbonyl (C=O) groups excluding carboxylic acids is 1. The van der Waals surface area contributed by atoms with Crippen molar-refractivity contribution >= 4 is 32.4 Å². The van der Waals surface area contributed by atoms with E-state index in [-0.39, 0.29) is 16.4 Å². The molecule has 1 aromatic heterocycles. The minimum absolute atomic E-state index is 0.108. The van der Waals surface area contributed by atoms with E-state index in [1.165, 1.54) is 24.5 Å². The van der Waals surface area contributed by atoms with Gasteiger partial charge in [-0.2, -0.15) is 0 Å². The molecule has 2 N–H and O–H groups in total. The van der Waals surface area contributed by atoms with Gasteiger partial charge in [0.05, 0.1) is 10.6 Å². The van der Waals surface area contributed by atoms with E-state index >= 15 is 0 Å². The van der Waals surface area contributed by atoms with Crippen LogP contribution < -0.4 is 10.0 Å². The molecule has 8 heteroatoms. The molecule has 1 heterocycles. The molecular weight excluding hydrogens is 334 g/mol. The summed E-state index contributed by atoms with van der Waals surface area (Å²) in [5.74, 6) is -0.380. The average molecular weight is 353 g/mol. The van der Waals surface area contributed by atoms with Crippen molar-refractivity contribution < 1.29 is 13.2 Å². The molecule has 0 saturated carbocycles. The predicted octanol–water partition coefficient (Wildman–Crippen LogP) is 2.54. The van der Waals surface area contributed by atoms with Gasteiger partial charge in [0.1, 0.15) is 0 Å². The number of aromatic nitrogens is 1. The average Bonchev–Trinajstić information content (AvgIpc) is 2.79. The second-order valence-corrected chi connectivity index (χ2v) is 8.30. The SMILES string of the molecule is CNS(=O)(=O)c1cc(C(=O)Nc2nc(C)c(C)s2)cc(C)c1C. The zero-order valence-corrected chi connectivity index (χ0v) is 15.3. The number of sulfonamides is 1. The van der Waals surface area contributed by atoms with Gasteiger partial charge < -0.3 is 0 Å². The first-order valence-electron chi connectivity index (χ1n) is 6.96. The summed E-state index contributed by atoms with van der Waals surface area (Å²) < 4.78 is 26.5. The van der Waals surface area contributed by atoms with Crippen LogP contribution in [-0.2, 0) is 10.0 Å². The van der Waals surface area contributed by atoms with Gasteiger partial charge in [-0.15, -0.1) is 11.3 Å². The number of rotatable bonds is 4. The van der Waals surface area contributed by atoms with Crippen molar-refractivity contribution in [3.05, 3.63) is 39.4 Å². The van der Waals surface area contributed by atoms with Crippen LogP contribution in [0.4, 0.5) is 5.13 Å². The maximum atomic E-state index is 12.4. The monoisotopic (exact) mass is 353 g/mol. The van der Waals surface area contributed by atoms with Crippen molar-refractivity contribution in [3.63, 3.8) is 0 Å². The van der Waals surface area contributed by atoms with Crippen LogP contribution in [0, 0.1) is 27.7 Å². The van der Waals surface area contributed by atoms with Crippen LogP contribution in [0.25, 0.3) is 0 Å². The highest BCUT2D eigenvalue weighted by Crippen LogP contribution is 2.24. The van der Waals surface area contributed by atoms with Crippen LogP contribution in [-0.4, -0.2) is 26.4 Å². The third-order valence-corrected chi connectivity index (χ3v) is 6.22. The van der Waals surface area contributed by atoms with Crippen LogP contribution in [0.3, 0.4) is 0 Å². The predicted molar refractivity (Wildman–Crippen MR) is 91.7 cm³/mol. The molecule has 124 valence electrons. The number of carbonyl (C=O) groups is 1. The smallest absolute Gasteiger partial charge is 0.257 e. The number of nitrogens with one attached hydrogen (secondary N) is 2. The summed E-state index contributed by atoms with van der Waals surface area (Å²) in [7, 11) is -2.28. The second-order valence-electron chi connectivity index (χ2n) is 5.24. The van der Waals surface area contributed by atoms with E-state index in [4.69, 9.17) is 0 Å². The normalized spacial score (nSPS) is 11.5. The highest BCUT2D eigenvalue weighted by Gasteiger charge is 2.20. The molecule has 1 aromatic carbocycles. The van der Waals surface area contributed by atoms with Crippen LogP contribution >= 0.6 is 11.3 Å². The molecule has 0 fully saturated rings. The molecule has 0 atom stereocenters. The van der Waals surface area contributed by atoms with Crippen molar-refractivity contribution in [1.82, 2.24) is 9.71 Å². The van der Waals surface area contributed by atoms with Gasteiger partial charge in [0.2, 0.25) is 10.0 Å². The summed E-state index contributed by atoms with van der Waals surface area (Å²) in [6.45, 7) is 7.29. The standard InChI is InChI=1S/C15H19N3O3S2/c1-8-6-12(7-13(9(8)2)23(20,21)16-5)14(19)18-15-17-10(3)11(4)22-15/h6-7,16H,1-5H3,(H,17,18,19). The first-order valence-corrected chi connectivity index (χ1v) is 9.26. The zero-order valence-electron chi connectivity index (χ0n) is 13.6. The molecule has 0 spiro atoms. The number of thiazole rings is 1. The molecule has 23 heavy (non-hydrogen) atoms. The van der Waals surface area contributed by atoms with E-state index < -0.39 is 10.0 Å². The Morgan fingerprint density at radius 1 is 1.17 bits per heavy atom. The van der Waals surface area contributed by atoms with Gasteiger partial charge in [0.25, 0.3) is 5.91 Å². The number of benzene rings is 1. The topological polar surface area (TPSA) is 88.2 Å². The highest BCUT2D eigenvalue weighted by molar-refractivity contribution is 7.89. The molecule has 6 nitrogen and oxygen atoms in total. The summed E-state index contributed by atoms with van der Waals surface area (Å²) in [5, 5.41) is 3.22. The largest absolute Gasteiger partial charge is 0.298 e. The summed E-state index contributed by atoms with van der Waals surface area (Å²) in [6.07, 6.45) is 0.